The quantitative estimate of drug-likeness (QED) is 0.721. The van der Waals surface area contributed by atoms with Crippen molar-refractivity contribution >= 4 is 22.8 Å². The van der Waals surface area contributed by atoms with Crippen LogP contribution < -0.4 is 9.47 Å². The smallest absolute Gasteiger partial charge is 0.161 e. The molecule has 23 heavy (non-hydrogen) atoms. The second-order valence-electron chi connectivity index (χ2n) is 5.67. The van der Waals surface area contributed by atoms with Gasteiger partial charge in [0, 0.05) is 19.6 Å². The van der Waals surface area contributed by atoms with Crippen molar-refractivity contribution in [1.29, 1.82) is 0 Å². The number of ether oxygens (including phenoxy) is 2. The molecule has 2 aromatic carbocycles. The molecule has 4 rings (SSSR count). The van der Waals surface area contributed by atoms with E-state index in [1.807, 2.05) is 30.3 Å². The third kappa shape index (κ3) is 3.00. The Morgan fingerprint density at radius 2 is 1.87 bits per heavy atom. The van der Waals surface area contributed by atoms with Crippen LogP contribution in [0.25, 0.3) is 11.0 Å². The highest BCUT2D eigenvalue weighted by Crippen LogP contribution is 2.29. The molecule has 3 aromatic rings. The molecule has 0 unspecified atom stereocenters. The predicted molar refractivity (Wildman–Crippen MR) is 90.1 cm³/mol. The van der Waals surface area contributed by atoms with Crippen molar-refractivity contribution < 1.29 is 9.47 Å². The fraction of sp³-hybridized carbons (Fsp3) is 0.294. The number of rotatable bonds is 5. The summed E-state index contributed by atoms with van der Waals surface area (Å²) in [6.07, 6.45) is 0.218. The van der Waals surface area contributed by atoms with Crippen LogP contribution in [-0.2, 0) is 6.54 Å². The van der Waals surface area contributed by atoms with Gasteiger partial charge in [-0.3, -0.25) is 4.90 Å². The van der Waals surface area contributed by atoms with Crippen molar-refractivity contribution in [1.82, 2.24) is 13.6 Å². The van der Waals surface area contributed by atoms with Gasteiger partial charge in [-0.25, -0.2) is 0 Å². The monoisotopic (exact) mass is 327 g/mol. The first-order valence-electron chi connectivity index (χ1n) is 7.55. The van der Waals surface area contributed by atoms with Crippen LogP contribution in [0.3, 0.4) is 0 Å². The van der Waals surface area contributed by atoms with E-state index in [1.165, 1.54) is 17.3 Å². The summed E-state index contributed by atoms with van der Waals surface area (Å²) in [5, 5.41) is 0. The Morgan fingerprint density at radius 3 is 2.70 bits per heavy atom. The fourth-order valence-corrected chi connectivity index (χ4v) is 3.32. The van der Waals surface area contributed by atoms with Crippen molar-refractivity contribution in [2.45, 2.75) is 12.6 Å². The Morgan fingerprint density at radius 1 is 1.09 bits per heavy atom. The zero-order valence-electron chi connectivity index (χ0n) is 12.8. The fourth-order valence-electron chi connectivity index (χ4n) is 2.81. The number of methoxy groups -OCH3 is 1. The lowest BCUT2D eigenvalue weighted by Crippen LogP contribution is -2.53. The molecular formula is C17H17N3O2S. The van der Waals surface area contributed by atoms with Crippen molar-refractivity contribution in [3.05, 3.63) is 48.0 Å². The van der Waals surface area contributed by atoms with Crippen LogP contribution in [0, 0.1) is 0 Å². The molecule has 1 aliphatic heterocycles. The summed E-state index contributed by atoms with van der Waals surface area (Å²) >= 11 is 1.26. The van der Waals surface area contributed by atoms with E-state index in [9.17, 15) is 0 Å². The van der Waals surface area contributed by atoms with Crippen molar-refractivity contribution in [3.8, 4) is 11.5 Å². The molecule has 6 heteroatoms. The first kappa shape index (κ1) is 14.4. The van der Waals surface area contributed by atoms with Crippen LogP contribution in [0.5, 0.6) is 11.5 Å². The molecule has 0 aliphatic carbocycles. The molecule has 2 heterocycles. The zero-order valence-corrected chi connectivity index (χ0v) is 13.6. The Bertz CT molecular complexity index is 814. The Balaban J connectivity index is 1.34. The number of fused-ring (bicyclic) bond motifs is 1. The van der Waals surface area contributed by atoms with E-state index in [-0.39, 0.29) is 6.10 Å². The molecule has 0 N–H and O–H groups in total. The van der Waals surface area contributed by atoms with Gasteiger partial charge in [0.2, 0.25) is 0 Å². The molecule has 118 valence electrons. The Kier molecular flexibility index (Phi) is 3.85. The lowest BCUT2D eigenvalue weighted by atomic mass is 10.1. The van der Waals surface area contributed by atoms with E-state index in [2.05, 4.69) is 25.8 Å². The van der Waals surface area contributed by atoms with Gasteiger partial charge >= 0.3 is 0 Å². The van der Waals surface area contributed by atoms with Gasteiger partial charge in [-0.05, 0) is 29.8 Å². The Hall–Kier alpha value is -2.18. The molecule has 0 radical (unpaired) electrons. The SMILES string of the molecule is COc1ccccc1OC1CN(Cc2ccc3nsnc3c2)C1. The van der Waals surface area contributed by atoms with E-state index in [1.54, 1.807) is 7.11 Å². The first-order valence-corrected chi connectivity index (χ1v) is 8.28. The molecule has 0 saturated carbocycles. The molecule has 0 atom stereocenters. The third-order valence-electron chi connectivity index (χ3n) is 4.01. The number of hydrogen-bond acceptors (Lipinski definition) is 6. The molecule has 5 nitrogen and oxygen atoms in total. The van der Waals surface area contributed by atoms with E-state index in [0.717, 1.165) is 42.2 Å². The minimum atomic E-state index is 0.218. The number of para-hydroxylation sites is 2. The first-order chi connectivity index (χ1) is 11.3. The largest absolute Gasteiger partial charge is 0.493 e. The van der Waals surface area contributed by atoms with Crippen LogP contribution in [0.2, 0.25) is 0 Å². The minimum Gasteiger partial charge on any atom is -0.493 e. The van der Waals surface area contributed by atoms with Gasteiger partial charge < -0.3 is 9.47 Å². The predicted octanol–water partition coefficient (Wildman–Crippen LogP) is 2.96. The molecule has 0 spiro atoms. The molecule has 1 saturated heterocycles. The van der Waals surface area contributed by atoms with Crippen LogP contribution in [0.1, 0.15) is 5.56 Å². The summed E-state index contributed by atoms with van der Waals surface area (Å²) in [7, 11) is 1.67. The summed E-state index contributed by atoms with van der Waals surface area (Å²) in [4.78, 5) is 2.36. The van der Waals surface area contributed by atoms with E-state index >= 15 is 0 Å². The number of hydrogen-bond donors (Lipinski definition) is 0. The maximum absolute atomic E-state index is 6.01. The van der Waals surface area contributed by atoms with Gasteiger partial charge in [0.15, 0.2) is 11.5 Å². The minimum absolute atomic E-state index is 0.218. The van der Waals surface area contributed by atoms with E-state index < -0.39 is 0 Å². The second kappa shape index (κ2) is 6.14. The zero-order chi connectivity index (χ0) is 15.6. The highest BCUT2D eigenvalue weighted by molar-refractivity contribution is 7.00. The van der Waals surface area contributed by atoms with E-state index in [4.69, 9.17) is 9.47 Å². The lowest BCUT2D eigenvalue weighted by molar-refractivity contribution is 0.0131. The van der Waals surface area contributed by atoms with Crippen LogP contribution in [-0.4, -0.2) is 40.0 Å². The summed E-state index contributed by atoms with van der Waals surface area (Å²) in [5.74, 6) is 1.60. The summed E-state index contributed by atoms with van der Waals surface area (Å²) in [6, 6.07) is 14.1. The summed E-state index contributed by atoms with van der Waals surface area (Å²) in [5.41, 5.74) is 3.22. The van der Waals surface area contributed by atoms with Crippen molar-refractivity contribution in [3.63, 3.8) is 0 Å². The standard InChI is InChI=1S/C17H17N3O2S/c1-21-16-4-2-3-5-17(16)22-13-10-20(11-13)9-12-6-7-14-15(8-12)19-23-18-14/h2-8,13H,9-11H2,1H3. The molecule has 1 aromatic heterocycles. The van der Waals surface area contributed by atoms with Gasteiger partial charge in [0.05, 0.1) is 18.8 Å². The number of nitrogens with zero attached hydrogens (tertiary/aromatic N) is 3. The van der Waals surface area contributed by atoms with Gasteiger partial charge in [0.25, 0.3) is 0 Å². The second-order valence-corrected chi connectivity index (χ2v) is 6.20. The number of likely N-dealkylation sites (tertiary alicyclic amines) is 1. The topological polar surface area (TPSA) is 47.5 Å². The van der Waals surface area contributed by atoms with Crippen molar-refractivity contribution in [2.75, 3.05) is 20.2 Å². The summed E-state index contributed by atoms with van der Waals surface area (Å²) in [6.45, 7) is 2.76. The third-order valence-corrected chi connectivity index (χ3v) is 4.57. The van der Waals surface area contributed by atoms with Crippen LogP contribution >= 0.6 is 11.7 Å². The molecule has 0 bridgehead atoms. The molecule has 1 aliphatic rings. The van der Waals surface area contributed by atoms with Crippen LogP contribution in [0.4, 0.5) is 0 Å². The Labute approximate surface area is 138 Å². The average Bonchev–Trinajstić information content (AvgIpc) is 3.01. The highest BCUT2D eigenvalue weighted by atomic mass is 32.1. The van der Waals surface area contributed by atoms with Gasteiger partial charge in [-0.15, -0.1) is 0 Å². The normalized spacial score (nSPS) is 15.5. The highest BCUT2D eigenvalue weighted by Gasteiger charge is 2.29. The molecular weight excluding hydrogens is 310 g/mol. The maximum Gasteiger partial charge on any atom is 0.161 e. The molecule has 0 amide bonds. The van der Waals surface area contributed by atoms with Gasteiger partial charge in [0.1, 0.15) is 17.1 Å². The van der Waals surface area contributed by atoms with Crippen LogP contribution in [0.15, 0.2) is 42.5 Å². The maximum atomic E-state index is 6.01. The average molecular weight is 327 g/mol. The lowest BCUT2D eigenvalue weighted by Gasteiger charge is -2.39. The number of aromatic nitrogens is 2. The van der Waals surface area contributed by atoms with Gasteiger partial charge in [-0.2, -0.15) is 8.75 Å². The van der Waals surface area contributed by atoms with E-state index in [0.29, 0.717) is 0 Å². The van der Waals surface area contributed by atoms with Crippen molar-refractivity contribution in [2.24, 2.45) is 0 Å². The molecule has 1 fully saturated rings. The summed E-state index contributed by atoms with van der Waals surface area (Å²) < 4.78 is 19.9. The van der Waals surface area contributed by atoms with Gasteiger partial charge in [-0.1, -0.05) is 18.2 Å². The number of benzene rings is 2.